The van der Waals surface area contributed by atoms with E-state index >= 15 is 0 Å². The van der Waals surface area contributed by atoms with E-state index in [4.69, 9.17) is 5.41 Å². The lowest BCUT2D eigenvalue weighted by molar-refractivity contribution is 0.943. The predicted molar refractivity (Wildman–Crippen MR) is 64.5 cm³/mol. The Morgan fingerprint density at radius 1 is 1.47 bits per heavy atom. The van der Waals surface area contributed by atoms with E-state index in [1.165, 1.54) is 6.21 Å². The second-order valence-electron chi connectivity index (χ2n) is 3.66. The first-order chi connectivity index (χ1) is 7.26. The molecule has 0 fully saturated rings. The van der Waals surface area contributed by atoms with Crippen LogP contribution in [0.25, 0.3) is 0 Å². The topological polar surface area (TPSA) is 36.7 Å². The minimum Gasteiger partial charge on any atom is -0.308 e. The van der Waals surface area contributed by atoms with Crippen LogP contribution in [0.3, 0.4) is 0 Å². The van der Waals surface area contributed by atoms with E-state index in [-0.39, 0.29) is 0 Å². The summed E-state index contributed by atoms with van der Waals surface area (Å²) in [5, 5.41) is 7.32. The number of hydrogen-bond donors (Lipinski definition) is 1. The normalized spacial score (nSPS) is 11.5. The van der Waals surface area contributed by atoms with Gasteiger partial charge in [-0.15, -0.1) is 0 Å². The summed E-state index contributed by atoms with van der Waals surface area (Å²) in [6.07, 6.45) is 6.48. The second kappa shape index (κ2) is 6.12. The minimum absolute atomic E-state index is 0.769. The zero-order valence-corrected chi connectivity index (χ0v) is 9.46. The molecule has 0 atom stereocenters. The first-order valence-electron chi connectivity index (χ1n) is 5.38. The fraction of sp³-hybridized carbons (Fsp3) is 0.385. The fourth-order valence-electron chi connectivity index (χ4n) is 1.42. The molecule has 1 N–H and O–H groups in total. The summed E-state index contributed by atoms with van der Waals surface area (Å²) in [5.41, 5.74) is 3.13. The number of allylic oxidation sites excluding steroid dienone is 2. The van der Waals surface area contributed by atoms with Crippen LogP contribution in [0.5, 0.6) is 0 Å². The number of aromatic nitrogens is 1. The summed E-state index contributed by atoms with van der Waals surface area (Å²) >= 11 is 0. The van der Waals surface area contributed by atoms with E-state index < -0.39 is 0 Å². The van der Waals surface area contributed by atoms with E-state index in [0.717, 1.165) is 36.2 Å². The Hall–Kier alpha value is -1.44. The Balaban J connectivity index is 2.70. The van der Waals surface area contributed by atoms with Gasteiger partial charge in [0.25, 0.3) is 0 Å². The Bertz CT molecular complexity index is 353. The first-order valence-corrected chi connectivity index (χ1v) is 5.38. The molecule has 0 aromatic carbocycles. The van der Waals surface area contributed by atoms with Gasteiger partial charge < -0.3 is 5.41 Å². The van der Waals surface area contributed by atoms with Crippen LogP contribution in [0.1, 0.15) is 31.2 Å². The van der Waals surface area contributed by atoms with E-state index in [1.807, 2.05) is 25.1 Å². The highest BCUT2D eigenvalue weighted by Crippen LogP contribution is 2.06. The van der Waals surface area contributed by atoms with Crippen LogP contribution >= 0.6 is 0 Å². The predicted octanol–water partition coefficient (Wildman–Crippen LogP) is 3.31. The van der Waals surface area contributed by atoms with Crippen LogP contribution in [0.2, 0.25) is 0 Å². The maximum absolute atomic E-state index is 7.32. The highest BCUT2D eigenvalue weighted by atomic mass is 14.7. The average Bonchev–Trinajstić information content (AvgIpc) is 2.24. The van der Waals surface area contributed by atoms with Gasteiger partial charge in [-0.1, -0.05) is 25.5 Å². The molecule has 2 heteroatoms. The van der Waals surface area contributed by atoms with Crippen molar-refractivity contribution in [1.82, 2.24) is 4.98 Å². The largest absolute Gasteiger partial charge is 0.308 e. The van der Waals surface area contributed by atoms with Crippen molar-refractivity contribution in [1.29, 1.82) is 5.41 Å². The van der Waals surface area contributed by atoms with E-state index in [9.17, 15) is 0 Å². The molecular weight excluding hydrogens is 184 g/mol. The molecule has 1 aromatic heterocycles. The fourth-order valence-corrected chi connectivity index (χ4v) is 1.42. The van der Waals surface area contributed by atoms with Gasteiger partial charge in [0.1, 0.15) is 0 Å². The number of rotatable bonds is 5. The van der Waals surface area contributed by atoms with Gasteiger partial charge >= 0.3 is 0 Å². The van der Waals surface area contributed by atoms with Crippen molar-refractivity contribution in [3.63, 3.8) is 0 Å². The molecule has 0 aliphatic rings. The molecule has 1 rings (SSSR count). The third-order valence-electron chi connectivity index (χ3n) is 2.21. The van der Waals surface area contributed by atoms with Crippen molar-refractivity contribution >= 4 is 6.21 Å². The van der Waals surface area contributed by atoms with Crippen molar-refractivity contribution in [2.24, 2.45) is 0 Å². The van der Waals surface area contributed by atoms with Crippen molar-refractivity contribution < 1.29 is 0 Å². The lowest BCUT2D eigenvalue weighted by Gasteiger charge is -2.02. The van der Waals surface area contributed by atoms with Crippen LogP contribution in [0.15, 0.2) is 29.8 Å². The monoisotopic (exact) mass is 202 g/mol. The van der Waals surface area contributed by atoms with Crippen molar-refractivity contribution in [2.75, 3.05) is 0 Å². The lowest BCUT2D eigenvalue weighted by atomic mass is 10.1. The summed E-state index contributed by atoms with van der Waals surface area (Å²) < 4.78 is 0. The minimum atomic E-state index is 0.769. The molecule has 15 heavy (non-hydrogen) atoms. The molecule has 0 spiro atoms. The molecule has 1 heterocycles. The van der Waals surface area contributed by atoms with Crippen LogP contribution in [-0.4, -0.2) is 11.2 Å². The average molecular weight is 202 g/mol. The van der Waals surface area contributed by atoms with Gasteiger partial charge in [0.2, 0.25) is 0 Å². The van der Waals surface area contributed by atoms with Crippen LogP contribution in [0.4, 0.5) is 0 Å². The molecule has 0 saturated heterocycles. The molecule has 0 aliphatic carbocycles. The molecule has 2 nitrogen and oxygen atoms in total. The smallest absolute Gasteiger partial charge is 0.0451 e. The number of nitrogens with zero attached hydrogens (tertiary/aromatic N) is 1. The van der Waals surface area contributed by atoms with Crippen LogP contribution < -0.4 is 0 Å². The number of unbranched alkanes of at least 4 members (excludes halogenated alkanes) is 1. The molecule has 1 aromatic rings. The molecule has 0 bridgehead atoms. The summed E-state index contributed by atoms with van der Waals surface area (Å²) in [6, 6.07) is 6.01. The highest BCUT2D eigenvalue weighted by Gasteiger charge is 1.98. The Kier molecular flexibility index (Phi) is 4.75. The molecular formula is C13H18N2. The van der Waals surface area contributed by atoms with Gasteiger partial charge in [0.15, 0.2) is 0 Å². The molecule has 0 amide bonds. The van der Waals surface area contributed by atoms with Gasteiger partial charge in [-0.05, 0) is 31.1 Å². The zero-order chi connectivity index (χ0) is 11.1. The van der Waals surface area contributed by atoms with Gasteiger partial charge in [-0.3, -0.25) is 4.98 Å². The molecule has 0 aliphatic heterocycles. The summed E-state index contributed by atoms with van der Waals surface area (Å²) in [4.78, 5) is 4.42. The quantitative estimate of drug-likeness (QED) is 0.731. The van der Waals surface area contributed by atoms with Crippen molar-refractivity contribution in [2.45, 2.75) is 33.1 Å². The highest BCUT2D eigenvalue weighted by molar-refractivity contribution is 5.76. The lowest BCUT2D eigenvalue weighted by Crippen LogP contribution is -1.96. The third kappa shape index (κ3) is 4.07. The standard InChI is InChI=1S/C13H18N2/c1-3-4-7-12(10-14)9-13-8-5-6-11(2)15-13/h5-8,10,14H,3-4,9H2,1-2H3/b12-7-,14-10?. The zero-order valence-electron chi connectivity index (χ0n) is 9.46. The number of nitrogens with one attached hydrogen (secondary N) is 1. The van der Waals surface area contributed by atoms with Gasteiger partial charge in [0, 0.05) is 24.0 Å². The molecule has 80 valence electrons. The maximum Gasteiger partial charge on any atom is 0.0451 e. The van der Waals surface area contributed by atoms with Gasteiger partial charge in [-0.25, -0.2) is 0 Å². The first kappa shape index (κ1) is 11.6. The second-order valence-corrected chi connectivity index (χ2v) is 3.66. The van der Waals surface area contributed by atoms with E-state index in [2.05, 4.69) is 18.0 Å². The van der Waals surface area contributed by atoms with Gasteiger partial charge in [0.05, 0.1) is 0 Å². The Morgan fingerprint density at radius 3 is 2.87 bits per heavy atom. The van der Waals surface area contributed by atoms with Crippen molar-refractivity contribution in [3.8, 4) is 0 Å². The number of pyridine rings is 1. The summed E-state index contributed by atoms with van der Waals surface area (Å²) in [5.74, 6) is 0. The molecule has 0 saturated carbocycles. The number of hydrogen-bond acceptors (Lipinski definition) is 2. The summed E-state index contributed by atoms with van der Waals surface area (Å²) in [7, 11) is 0. The van der Waals surface area contributed by atoms with Crippen LogP contribution in [0, 0.1) is 12.3 Å². The Labute approximate surface area is 91.6 Å². The van der Waals surface area contributed by atoms with E-state index in [0.29, 0.717) is 0 Å². The number of aryl methyl sites for hydroxylation is 1. The molecule has 0 radical (unpaired) electrons. The van der Waals surface area contributed by atoms with Crippen molar-refractivity contribution in [3.05, 3.63) is 41.2 Å². The SMILES string of the molecule is CCC/C=C(\C=N)Cc1cccc(C)n1. The van der Waals surface area contributed by atoms with Gasteiger partial charge in [-0.2, -0.15) is 0 Å². The van der Waals surface area contributed by atoms with E-state index in [1.54, 1.807) is 0 Å². The third-order valence-corrected chi connectivity index (χ3v) is 2.21. The van der Waals surface area contributed by atoms with Crippen LogP contribution in [-0.2, 0) is 6.42 Å². The Morgan fingerprint density at radius 2 is 2.27 bits per heavy atom. The maximum atomic E-state index is 7.32. The molecule has 0 unspecified atom stereocenters. The summed E-state index contributed by atoms with van der Waals surface area (Å²) in [6.45, 7) is 4.13.